The summed E-state index contributed by atoms with van der Waals surface area (Å²) in [7, 11) is 0. The van der Waals surface area contributed by atoms with Crippen LogP contribution in [0.4, 0.5) is 13.2 Å². The Kier molecular flexibility index (Phi) is 4.65. The Balaban J connectivity index is 1.53. The normalized spacial score (nSPS) is 16.2. The largest absolute Gasteiger partial charge is 0.471 e. The average Bonchev–Trinajstić information content (AvgIpc) is 3.06. The van der Waals surface area contributed by atoms with Gasteiger partial charge in [-0.25, -0.2) is 4.98 Å². The minimum absolute atomic E-state index is 0.0273. The smallest absolute Gasteiger partial charge is 0.348 e. The van der Waals surface area contributed by atoms with Crippen LogP contribution in [0.3, 0.4) is 0 Å². The van der Waals surface area contributed by atoms with Gasteiger partial charge in [0.25, 0.3) is 5.91 Å². The number of carbonyl (C=O) groups excluding carboxylic acids is 2. The molecule has 1 aliphatic heterocycles. The molecular weight excluding hydrogens is 337 g/mol. The zero-order chi connectivity index (χ0) is 18.0. The summed E-state index contributed by atoms with van der Waals surface area (Å²) in [6, 6.07) is 5.21. The Labute approximate surface area is 141 Å². The quantitative estimate of drug-likeness (QED) is 0.886. The number of nitrogens with one attached hydrogen (secondary N) is 2. The van der Waals surface area contributed by atoms with E-state index in [1.165, 1.54) is 0 Å². The molecule has 1 fully saturated rings. The number of aromatic amines is 1. The summed E-state index contributed by atoms with van der Waals surface area (Å²) in [5.41, 5.74) is 2.09. The maximum Gasteiger partial charge on any atom is 0.471 e. The van der Waals surface area contributed by atoms with Crippen molar-refractivity contribution < 1.29 is 22.8 Å². The van der Waals surface area contributed by atoms with Gasteiger partial charge in [0.15, 0.2) is 0 Å². The number of amides is 2. The van der Waals surface area contributed by atoms with Crippen LogP contribution in [-0.2, 0) is 4.79 Å². The number of benzene rings is 1. The highest BCUT2D eigenvalue weighted by atomic mass is 19.4. The van der Waals surface area contributed by atoms with E-state index in [4.69, 9.17) is 0 Å². The predicted molar refractivity (Wildman–Crippen MR) is 83.8 cm³/mol. The van der Waals surface area contributed by atoms with Crippen molar-refractivity contribution in [2.45, 2.75) is 19.0 Å². The number of H-pyrrole nitrogens is 1. The lowest BCUT2D eigenvalue weighted by Crippen LogP contribution is -2.44. The molecule has 2 aromatic rings. The third-order valence-corrected chi connectivity index (χ3v) is 4.38. The highest BCUT2D eigenvalue weighted by molar-refractivity contribution is 5.97. The first kappa shape index (κ1) is 17.2. The number of fused-ring (bicyclic) bond motifs is 1. The van der Waals surface area contributed by atoms with E-state index in [-0.39, 0.29) is 18.4 Å². The van der Waals surface area contributed by atoms with E-state index in [1.807, 2.05) is 5.32 Å². The van der Waals surface area contributed by atoms with Crippen LogP contribution >= 0.6 is 0 Å². The minimum atomic E-state index is -4.86. The predicted octanol–water partition coefficient (Wildman–Crippen LogP) is 2.09. The lowest BCUT2D eigenvalue weighted by molar-refractivity contribution is -0.173. The van der Waals surface area contributed by atoms with Crippen molar-refractivity contribution in [1.82, 2.24) is 20.2 Å². The van der Waals surface area contributed by atoms with Crippen molar-refractivity contribution in [3.05, 3.63) is 30.1 Å². The van der Waals surface area contributed by atoms with Crippen molar-refractivity contribution in [2.75, 3.05) is 19.6 Å². The van der Waals surface area contributed by atoms with Gasteiger partial charge in [0, 0.05) is 25.2 Å². The van der Waals surface area contributed by atoms with Gasteiger partial charge in [-0.2, -0.15) is 13.2 Å². The molecule has 9 heteroatoms. The SMILES string of the molecule is O=C(c1ccc2nc[nH]c2c1)N1CCC(CNC(=O)C(F)(F)F)CC1. The van der Waals surface area contributed by atoms with Gasteiger partial charge in [0.1, 0.15) is 0 Å². The summed E-state index contributed by atoms with van der Waals surface area (Å²) < 4.78 is 36.5. The molecule has 0 spiro atoms. The molecule has 0 aliphatic carbocycles. The molecule has 0 bridgehead atoms. The molecule has 6 nitrogen and oxygen atoms in total. The fourth-order valence-electron chi connectivity index (χ4n) is 2.93. The summed E-state index contributed by atoms with van der Waals surface area (Å²) in [4.78, 5) is 32.1. The average molecular weight is 354 g/mol. The monoisotopic (exact) mass is 354 g/mol. The maximum absolute atomic E-state index is 12.5. The van der Waals surface area contributed by atoms with E-state index >= 15 is 0 Å². The maximum atomic E-state index is 12.5. The number of hydrogen-bond donors (Lipinski definition) is 2. The van der Waals surface area contributed by atoms with E-state index in [9.17, 15) is 22.8 Å². The first-order chi connectivity index (χ1) is 11.8. The Morgan fingerprint density at radius 2 is 2.00 bits per heavy atom. The van der Waals surface area contributed by atoms with Gasteiger partial charge in [-0.3, -0.25) is 9.59 Å². The molecule has 2 heterocycles. The number of hydrogen-bond acceptors (Lipinski definition) is 3. The van der Waals surface area contributed by atoms with E-state index in [1.54, 1.807) is 29.4 Å². The van der Waals surface area contributed by atoms with Gasteiger partial charge >= 0.3 is 12.1 Å². The van der Waals surface area contributed by atoms with Crippen LogP contribution in [0.25, 0.3) is 11.0 Å². The first-order valence-corrected chi connectivity index (χ1v) is 7.92. The van der Waals surface area contributed by atoms with Crippen molar-refractivity contribution in [2.24, 2.45) is 5.92 Å². The highest BCUT2D eigenvalue weighted by Crippen LogP contribution is 2.21. The zero-order valence-electron chi connectivity index (χ0n) is 13.3. The van der Waals surface area contributed by atoms with Crippen LogP contribution < -0.4 is 5.32 Å². The van der Waals surface area contributed by atoms with Crippen LogP contribution in [0.2, 0.25) is 0 Å². The molecule has 1 aliphatic rings. The molecule has 0 radical (unpaired) electrons. The molecule has 2 amide bonds. The number of alkyl halides is 3. The Morgan fingerprint density at radius 1 is 1.28 bits per heavy atom. The molecule has 0 atom stereocenters. The second-order valence-electron chi connectivity index (χ2n) is 6.08. The summed E-state index contributed by atoms with van der Waals surface area (Å²) in [6.45, 7) is 0.874. The lowest BCUT2D eigenvalue weighted by Gasteiger charge is -2.32. The van der Waals surface area contributed by atoms with Crippen LogP contribution in [0.15, 0.2) is 24.5 Å². The second-order valence-corrected chi connectivity index (χ2v) is 6.08. The van der Waals surface area contributed by atoms with Crippen molar-refractivity contribution in [1.29, 1.82) is 0 Å². The second kappa shape index (κ2) is 6.73. The van der Waals surface area contributed by atoms with Crippen molar-refractivity contribution >= 4 is 22.8 Å². The van der Waals surface area contributed by atoms with Crippen molar-refractivity contribution in [3.8, 4) is 0 Å². The van der Waals surface area contributed by atoms with E-state index in [0.717, 1.165) is 11.0 Å². The standard InChI is InChI=1S/C16H17F3N4O2/c17-16(18,19)15(25)20-8-10-3-5-23(6-4-10)14(24)11-1-2-12-13(7-11)22-9-21-12/h1-2,7,9-10H,3-6,8H2,(H,20,25)(H,21,22). The Morgan fingerprint density at radius 3 is 2.68 bits per heavy atom. The topological polar surface area (TPSA) is 78.1 Å². The summed E-state index contributed by atoms with van der Waals surface area (Å²) in [5, 5.41) is 1.91. The summed E-state index contributed by atoms with van der Waals surface area (Å²) in [6.07, 6.45) is -2.20. The fourth-order valence-corrected chi connectivity index (χ4v) is 2.93. The summed E-state index contributed by atoms with van der Waals surface area (Å²) >= 11 is 0. The van der Waals surface area contributed by atoms with Gasteiger partial charge in [0.2, 0.25) is 0 Å². The molecular formula is C16H17F3N4O2. The highest BCUT2D eigenvalue weighted by Gasteiger charge is 2.38. The lowest BCUT2D eigenvalue weighted by atomic mass is 9.96. The Bertz CT molecular complexity index is 779. The van der Waals surface area contributed by atoms with Gasteiger partial charge in [0.05, 0.1) is 17.4 Å². The van der Waals surface area contributed by atoms with Crippen LogP contribution in [0, 0.1) is 5.92 Å². The summed E-state index contributed by atoms with van der Waals surface area (Å²) in [5.74, 6) is -2.10. The van der Waals surface area contributed by atoms with E-state index in [2.05, 4.69) is 9.97 Å². The molecule has 1 aromatic carbocycles. The van der Waals surface area contributed by atoms with Crippen molar-refractivity contribution in [3.63, 3.8) is 0 Å². The van der Waals surface area contributed by atoms with Gasteiger partial charge < -0.3 is 15.2 Å². The molecule has 1 saturated heterocycles. The number of nitrogens with zero attached hydrogens (tertiary/aromatic N) is 2. The van der Waals surface area contributed by atoms with E-state index in [0.29, 0.717) is 31.5 Å². The number of aromatic nitrogens is 2. The molecule has 0 unspecified atom stereocenters. The molecule has 25 heavy (non-hydrogen) atoms. The third-order valence-electron chi connectivity index (χ3n) is 4.38. The number of rotatable bonds is 3. The first-order valence-electron chi connectivity index (χ1n) is 7.92. The number of carbonyl (C=O) groups is 2. The third kappa shape index (κ3) is 3.92. The number of piperidine rings is 1. The number of likely N-dealkylation sites (tertiary alicyclic amines) is 1. The molecule has 134 valence electrons. The molecule has 1 aromatic heterocycles. The number of imidazole rings is 1. The van der Waals surface area contributed by atoms with E-state index < -0.39 is 12.1 Å². The number of halogens is 3. The van der Waals surface area contributed by atoms with Crippen LogP contribution in [0.1, 0.15) is 23.2 Å². The van der Waals surface area contributed by atoms with Crippen LogP contribution in [-0.4, -0.2) is 52.5 Å². The van der Waals surface area contributed by atoms with Gasteiger partial charge in [-0.05, 0) is 37.0 Å². The molecule has 0 saturated carbocycles. The minimum Gasteiger partial charge on any atom is -0.348 e. The van der Waals surface area contributed by atoms with Crippen LogP contribution in [0.5, 0.6) is 0 Å². The molecule has 3 rings (SSSR count). The molecule has 2 N–H and O–H groups in total. The van der Waals surface area contributed by atoms with Gasteiger partial charge in [-0.1, -0.05) is 0 Å². The zero-order valence-corrected chi connectivity index (χ0v) is 13.3. The Hall–Kier alpha value is -2.58. The fraction of sp³-hybridized carbons (Fsp3) is 0.438. The van der Waals surface area contributed by atoms with Gasteiger partial charge in [-0.15, -0.1) is 0 Å².